The fourth-order valence-corrected chi connectivity index (χ4v) is 3.40. The van der Waals surface area contributed by atoms with E-state index in [1.807, 2.05) is 24.3 Å². The molecule has 7 heteroatoms. The maximum Gasteiger partial charge on any atom is 0.230 e. The highest BCUT2D eigenvalue weighted by atomic mass is 35.5. The Kier molecular flexibility index (Phi) is 5.79. The lowest BCUT2D eigenvalue weighted by Crippen LogP contribution is -2.24. The molecule has 3 rings (SSSR count). The number of amides is 1. The van der Waals surface area contributed by atoms with Crippen LogP contribution in [0.15, 0.2) is 29.4 Å². The van der Waals surface area contributed by atoms with Crippen molar-refractivity contribution in [3.63, 3.8) is 0 Å². The van der Waals surface area contributed by atoms with Crippen molar-refractivity contribution in [3.05, 3.63) is 40.7 Å². The molecule has 1 N–H and O–H groups in total. The molecule has 1 aliphatic carbocycles. The van der Waals surface area contributed by atoms with Crippen molar-refractivity contribution in [2.45, 2.75) is 50.4 Å². The Morgan fingerprint density at radius 2 is 2.08 bits per heavy atom. The number of hydrogen-bond donors (Lipinski definition) is 1. The van der Waals surface area contributed by atoms with Gasteiger partial charge in [-0.1, -0.05) is 42.4 Å². The van der Waals surface area contributed by atoms with Crippen molar-refractivity contribution in [1.29, 1.82) is 0 Å². The quantitative estimate of drug-likeness (QED) is 0.726. The number of nitrogens with one attached hydrogen (secondary N) is 1. The SMILES string of the molecule is CCCn1c(SCC(=O)NCc2ccc(Cl)cc2)nnc1C1CC1. The molecule has 1 amide bonds. The third kappa shape index (κ3) is 4.51. The Balaban J connectivity index is 1.51. The minimum Gasteiger partial charge on any atom is -0.351 e. The highest BCUT2D eigenvalue weighted by Gasteiger charge is 2.30. The van der Waals surface area contributed by atoms with Gasteiger partial charge in [-0.25, -0.2) is 0 Å². The summed E-state index contributed by atoms with van der Waals surface area (Å²) in [6.07, 6.45) is 3.44. The van der Waals surface area contributed by atoms with Gasteiger partial charge in [-0.3, -0.25) is 4.79 Å². The number of carbonyl (C=O) groups excluding carboxylic acids is 1. The van der Waals surface area contributed by atoms with Gasteiger partial charge in [0.15, 0.2) is 5.16 Å². The fraction of sp³-hybridized carbons (Fsp3) is 0.471. The van der Waals surface area contributed by atoms with Crippen LogP contribution >= 0.6 is 23.4 Å². The average Bonchev–Trinajstić information content (AvgIpc) is 3.35. The van der Waals surface area contributed by atoms with E-state index >= 15 is 0 Å². The zero-order valence-electron chi connectivity index (χ0n) is 13.7. The van der Waals surface area contributed by atoms with E-state index in [0.717, 1.165) is 29.5 Å². The van der Waals surface area contributed by atoms with E-state index in [1.54, 1.807) is 0 Å². The molecule has 0 spiro atoms. The maximum atomic E-state index is 12.1. The molecular weight excluding hydrogens is 344 g/mol. The van der Waals surface area contributed by atoms with Gasteiger partial charge in [0.05, 0.1) is 5.75 Å². The molecule has 1 aromatic heterocycles. The summed E-state index contributed by atoms with van der Waals surface area (Å²) in [5.41, 5.74) is 1.03. The topological polar surface area (TPSA) is 59.8 Å². The molecule has 0 radical (unpaired) electrons. The summed E-state index contributed by atoms with van der Waals surface area (Å²) in [4.78, 5) is 12.1. The van der Waals surface area contributed by atoms with E-state index in [-0.39, 0.29) is 5.91 Å². The molecule has 128 valence electrons. The average molecular weight is 365 g/mol. The van der Waals surface area contributed by atoms with Crippen LogP contribution < -0.4 is 5.32 Å². The lowest BCUT2D eigenvalue weighted by Gasteiger charge is -2.08. The van der Waals surface area contributed by atoms with Gasteiger partial charge in [0.25, 0.3) is 0 Å². The first kappa shape index (κ1) is 17.3. The molecule has 2 aromatic rings. The molecule has 0 atom stereocenters. The van der Waals surface area contributed by atoms with Gasteiger partial charge in [0, 0.05) is 24.0 Å². The molecule has 1 heterocycles. The van der Waals surface area contributed by atoms with Crippen LogP contribution in [0, 0.1) is 0 Å². The van der Waals surface area contributed by atoms with Gasteiger partial charge in [-0.2, -0.15) is 0 Å². The third-order valence-electron chi connectivity index (χ3n) is 3.87. The standard InChI is InChI=1S/C17H21ClN4OS/c1-2-9-22-16(13-5-6-13)20-21-17(22)24-11-15(23)19-10-12-3-7-14(18)8-4-12/h3-4,7-8,13H,2,5-6,9-11H2,1H3,(H,19,23). The zero-order chi connectivity index (χ0) is 16.9. The van der Waals surface area contributed by atoms with E-state index < -0.39 is 0 Å². The van der Waals surface area contributed by atoms with E-state index in [4.69, 9.17) is 11.6 Å². The lowest BCUT2D eigenvalue weighted by molar-refractivity contribution is -0.118. The molecule has 0 saturated heterocycles. The van der Waals surface area contributed by atoms with Crippen LogP contribution in [0.5, 0.6) is 0 Å². The summed E-state index contributed by atoms with van der Waals surface area (Å²) in [6, 6.07) is 7.47. The molecule has 0 aliphatic heterocycles. The fourth-order valence-electron chi connectivity index (χ4n) is 2.47. The molecule has 5 nitrogen and oxygen atoms in total. The first-order valence-electron chi connectivity index (χ1n) is 8.24. The summed E-state index contributed by atoms with van der Waals surface area (Å²) in [5, 5.41) is 13.1. The Hall–Kier alpha value is -1.53. The van der Waals surface area contributed by atoms with Crippen molar-refractivity contribution >= 4 is 29.3 Å². The summed E-state index contributed by atoms with van der Waals surface area (Å²) in [5.74, 6) is 1.99. The predicted octanol–water partition coefficient (Wildman–Crippen LogP) is 3.63. The van der Waals surface area contributed by atoms with E-state index in [2.05, 4.69) is 27.0 Å². The lowest BCUT2D eigenvalue weighted by atomic mass is 10.2. The van der Waals surface area contributed by atoms with Crippen LogP contribution in [-0.2, 0) is 17.9 Å². The monoisotopic (exact) mass is 364 g/mol. The Morgan fingerprint density at radius 3 is 2.75 bits per heavy atom. The Bertz CT molecular complexity index is 697. The van der Waals surface area contributed by atoms with Crippen molar-refractivity contribution in [1.82, 2.24) is 20.1 Å². The first-order valence-corrected chi connectivity index (χ1v) is 9.60. The second-order valence-corrected chi connectivity index (χ2v) is 7.34. The molecule has 1 aromatic carbocycles. The van der Waals surface area contributed by atoms with Crippen LogP contribution in [0.25, 0.3) is 0 Å². The number of benzene rings is 1. The van der Waals surface area contributed by atoms with Crippen molar-refractivity contribution < 1.29 is 4.79 Å². The van der Waals surface area contributed by atoms with E-state index in [1.165, 1.54) is 24.6 Å². The van der Waals surface area contributed by atoms with Crippen LogP contribution in [0.1, 0.15) is 43.5 Å². The Morgan fingerprint density at radius 1 is 1.33 bits per heavy atom. The van der Waals surface area contributed by atoms with Gasteiger partial charge in [0.2, 0.25) is 5.91 Å². The van der Waals surface area contributed by atoms with Crippen LogP contribution in [0.2, 0.25) is 5.02 Å². The van der Waals surface area contributed by atoms with Crippen molar-refractivity contribution in [2.75, 3.05) is 5.75 Å². The number of halogens is 1. The van der Waals surface area contributed by atoms with Crippen LogP contribution in [-0.4, -0.2) is 26.4 Å². The molecule has 1 saturated carbocycles. The predicted molar refractivity (Wildman–Crippen MR) is 96.3 cm³/mol. The summed E-state index contributed by atoms with van der Waals surface area (Å²) in [6.45, 7) is 3.56. The van der Waals surface area contributed by atoms with Gasteiger partial charge in [0.1, 0.15) is 5.82 Å². The van der Waals surface area contributed by atoms with E-state index in [9.17, 15) is 4.79 Å². The molecular formula is C17H21ClN4OS. The largest absolute Gasteiger partial charge is 0.351 e. The second kappa shape index (κ2) is 8.03. The molecule has 24 heavy (non-hydrogen) atoms. The zero-order valence-corrected chi connectivity index (χ0v) is 15.2. The number of aromatic nitrogens is 3. The first-order chi connectivity index (χ1) is 11.7. The Labute approximate surface area is 151 Å². The van der Waals surface area contributed by atoms with Crippen molar-refractivity contribution in [3.8, 4) is 0 Å². The van der Waals surface area contributed by atoms with Gasteiger partial charge < -0.3 is 9.88 Å². The van der Waals surface area contributed by atoms with Gasteiger partial charge in [-0.05, 0) is 37.0 Å². The minimum absolute atomic E-state index is 0.00558. The highest BCUT2D eigenvalue weighted by Crippen LogP contribution is 2.40. The van der Waals surface area contributed by atoms with Gasteiger partial charge >= 0.3 is 0 Å². The van der Waals surface area contributed by atoms with Crippen LogP contribution in [0.4, 0.5) is 0 Å². The summed E-state index contributed by atoms with van der Waals surface area (Å²) < 4.78 is 2.18. The summed E-state index contributed by atoms with van der Waals surface area (Å²) >= 11 is 7.31. The number of rotatable bonds is 8. The maximum absolute atomic E-state index is 12.1. The normalized spacial score (nSPS) is 13.9. The molecule has 1 aliphatic rings. The number of thioether (sulfide) groups is 1. The van der Waals surface area contributed by atoms with Crippen molar-refractivity contribution in [2.24, 2.45) is 0 Å². The number of nitrogens with zero attached hydrogens (tertiary/aromatic N) is 3. The summed E-state index contributed by atoms with van der Waals surface area (Å²) in [7, 11) is 0. The minimum atomic E-state index is -0.00558. The molecule has 0 bridgehead atoms. The number of carbonyl (C=O) groups is 1. The highest BCUT2D eigenvalue weighted by molar-refractivity contribution is 7.99. The second-order valence-electron chi connectivity index (χ2n) is 5.96. The third-order valence-corrected chi connectivity index (χ3v) is 5.09. The van der Waals surface area contributed by atoms with Crippen LogP contribution in [0.3, 0.4) is 0 Å². The number of hydrogen-bond acceptors (Lipinski definition) is 4. The van der Waals surface area contributed by atoms with Gasteiger partial charge in [-0.15, -0.1) is 10.2 Å². The smallest absolute Gasteiger partial charge is 0.230 e. The molecule has 1 fully saturated rings. The molecule has 0 unspecified atom stereocenters. The van der Waals surface area contributed by atoms with E-state index in [0.29, 0.717) is 23.2 Å².